The summed E-state index contributed by atoms with van der Waals surface area (Å²) < 4.78 is 24.3. The number of aliphatic hydroxyl groups is 1. The van der Waals surface area contributed by atoms with Gasteiger partial charge in [0.2, 0.25) is 10.0 Å². The summed E-state index contributed by atoms with van der Waals surface area (Å²) in [6.07, 6.45) is 4.09. The molecule has 1 rings (SSSR count). The van der Waals surface area contributed by atoms with Gasteiger partial charge in [-0.05, 0) is 0 Å². The number of sulfonamides is 1. The Morgan fingerprint density at radius 2 is 2.23 bits per heavy atom. The summed E-state index contributed by atoms with van der Waals surface area (Å²) >= 11 is 0. The van der Waals surface area contributed by atoms with Crippen molar-refractivity contribution in [1.29, 1.82) is 0 Å². The average molecular weight is 203 g/mol. The molecule has 0 aliphatic heterocycles. The van der Waals surface area contributed by atoms with Crippen molar-refractivity contribution in [1.82, 2.24) is 9.97 Å². The molecule has 0 saturated carbocycles. The van der Waals surface area contributed by atoms with E-state index in [1.807, 2.05) is 0 Å². The molecule has 2 N–H and O–H groups in total. The van der Waals surface area contributed by atoms with Crippen LogP contribution in [0.3, 0.4) is 0 Å². The van der Waals surface area contributed by atoms with Crippen LogP contribution >= 0.6 is 0 Å². The number of rotatable bonds is 4. The monoisotopic (exact) mass is 203 g/mol. The van der Waals surface area contributed by atoms with Crippen LogP contribution in [0.15, 0.2) is 18.6 Å². The molecule has 6 nitrogen and oxygen atoms in total. The van der Waals surface area contributed by atoms with Crippen molar-refractivity contribution in [3.63, 3.8) is 0 Å². The third-order valence-corrected chi connectivity index (χ3v) is 2.42. The van der Waals surface area contributed by atoms with Crippen LogP contribution in [0, 0.1) is 0 Å². The van der Waals surface area contributed by atoms with Crippen molar-refractivity contribution in [3.05, 3.63) is 18.6 Å². The second-order valence-electron chi connectivity index (χ2n) is 2.24. The third-order valence-electron chi connectivity index (χ3n) is 1.18. The maximum atomic E-state index is 11.1. The summed E-state index contributed by atoms with van der Waals surface area (Å²) in [6, 6.07) is 0. The molecule has 0 spiro atoms. The third kappa shape index (κ3) is 3.34. The van der Waals surface area contributed by atoms with Crippen LogP contribution in [0.4, 0.5) is 5.82 Å². The van der Waals surface area contributed by atoms with E-state index in [1.54, 1.807) is 0 Å². The molecule has 72 valence electrons. The number of hydrogen-bond donors (Lipinski definition) is 2. The molecule has 7 heteroatoms. The predicted octanol–water partition coefficient (Wildman–Crippen LogP) is -0.789. The van der Waals surface area contributed by atoms with Crippen molar-refractivity contribution in [3.8, 4) is 0 Å². The Hall–Kier alpha value is -1.21. The highest BCUT2D eigenvalue weighted by Crippen LogP contribution is 2.00. The molecular weight excluding hydrogens is 194 g/mol. The molecule has 0 fully saturated rings. The zero-order valence-electron chi connectivity index (χ0n) is 6.71. The number of nitrogens with zero attached hydrogens (tertiary/aromatic N) is 2. The van der Waals surface area contributed by atoms with Crippen molar-refractivity contribution in [2.24, 2.45) is 0 Å². The maximum Gasteiger partial charge on any atom is 0.236 e. The first kappa shape index (κ1) is 9.87. The molecule has 0 saturated heterocycles. The molecule has 0 aromatic carbocycles. The van der Waals surface area contributed by atoms with Gasteiger partial charge in [0, 0.05) is 12.4 Å². The van der Waals surface area contributed by atoms with E-state index in [0.29, 0.717) is 0 Å². The molecule has 0 radical (unpaired) electrons. The second-order valence-corrected chi connectivity index (χ2v) is 4.08. The minimum Gasteiger partial charge on any atom is -0.395 e. The zero-order valence-corrected chi connectivity index (χ0v) is 7.53. The largest absolute Gasteiger partial charge is 0.395 e. The maximum absolute atomic E-state index is 11.1. The van der Waals surface area contributed by atoms with Gasteiger partial charge in [0.15, 0.2) is 5.82 Å². The van der Waals surface area contributed by atoms with Crippen LogP contribution in [0.2, 0.25) is 0 Å². The lowest BCUT2D eigenvalue weighted by atomic mass is 10.7. The highest BCUT2D eigenvalue weighted by atomic mass is 32.2. The lowest BCUT2D eigenvalue weighted by molar-refractivity contribution is 0.320. The van der Waals surface area contributed by atoms with Gasteiger partial charge in [-0.3, -0.25) is 9.71 Å². The Kier molecular flexibility index (Phi) is 3.15. The molecular formula is C6H9N3O3S. The zero-order chi connectivity index (χ0) is 9.73. The highest BCUT2D eigenvalue weighted by molar-refractivity contribution is 7.92. The molecule has 0 unspecified atom stereocenters. The second kappa shape index (κ2) is 4.15. The van der Waals surface area contributed by atoms with Gasteiger partial charge in [0.1, 0.15) is 0 Å². The van der Waals surface area contributed by atoms with Crippen LogP contribution < -0.4 is 4.72 Å². The summed E-state index contributed by atoms with van der Waals surface area (Å²) in [4.78, 5) is 7.39. The highest BCUT2D eigenvalue weighted by Gasteiger charge is 2.09. The van der Waals surface area contributed by atoms with E-state index < -0.39 is 16.6 Å². The van der Waals surface area contributed by atoms with E-state index >= 15 is 0 Å². The van der Waals surface area contributed by atoms with Gasteiger partial charge in [0.25, 0.3) is 0 Å². The summed E-state index contributed by atoms with van der Waals surface area (Å²) in [7, 11) is -3.49. The van der Waals surface area contributed by atoms with Gasteiger partial charge in [-0.15, -0.1) is 0 Å². The lowest BCUT2D eigenvalue weighted by Crippen LogP contribution is -2.19. The first-order valence-electron chi connectivity index (χ1n) is 3.51. The van der Waals surface area contributed by atoms with Crippen molar-refractivity contribution in [2.45, 2.75) is 0 Å². The Balaban J connectivity index is 2.70. The van der Waals surface area contributed by atoms with E-state index in [4.69, 9.17) is 5.11 Å². The molecule has 0 aliphatic rings. The lowest BCUT2D eigenvalue weighted by Gasteiger charge is -2.03. The Labute approximate surface area is 75.7 Å². The number of aromatic nitrogens is 2. The number of aliphatic hydroxyl groups excluding tert-OH is 1. The van der Waals surface area contributed by atoms with E-state index in [9.17, 15) is 8.42 Å². The predicted molar refractivity (Wildman–Crippen MR) is 46.5 cm³/mol. The van der Waals surface area contributed by atoms with Crippen LogP contribution in [0.25, 0.3) is 0 Å². The first-order valence-corrected chi connectivity index (χ1v) is 5.16. The molecule has 0 bridgehead atoms. The van der Waals surface area contributed by atoms with Crippen LogP contribution in [-0.2, 0) is 10.0 Å². The molecule has 13 heavy (non-hydrogen) atoms. The van der Waals surface area contributed by atoms with Crippen LogP contribution in [0.5, 0.6) is 0 Å². The SMILES string of the molecule is O=S(=O)(CCO)Nc1cnccn1. The fraction of sp³-hybridized carbons (Fsp3) is 0.333. The molecule has 0 atom stereocenters. The van der Waals surface area contributed by atoms with Crippen molar-refractivity contribution in [2.75, 3.05) is 17.1 Å². The average Bonchev–Trinajstić information content (AvgIpc) is 2.04. The topological polar surface area (TPSA) is 92.2 Å². The van der Waals surface area contributed by atoms with E-state index in [1.165, 1.54) is 18.6 Å². The van der Waals surface area contributed by atoms with Crippen molar-refractivity contribution < 1.29 is 13.5 Å². The quantitative estimate of drug-likeness (QED) is 0.669. The molecule has 0 amide bonds. The number of hydrogen-bond acceptors (Lipinski definition) is 5. The fourth-order valence-electron chi connectivity index (χ4n) is 0.682. The normalized spacial score (nSPS) is 11.2. The van der Waals surface area contributed by atoms with Gasteiger partial charge in [-0.1, -0.05) is 0 Å². The Morgan fingerprint density at radius 3 is 2.77 bits per heavy atom. The molecule has 1 heterocycles. The van der Waals surface area contributed by atoms with Crippen LogP contribution in [-0.4, -0.2) is 35.9 Å². The first-order chi connectivity index (χ1) is 6.14. The summed E-state index contributed by atoms with van der Waals surface area (Å²) in [5.41, 5.74) is 0. The summed E-state index contributed by atoms with van der Waals surface area (Å²) in [6.45, 7) is -0.421. The van der Waals surface area contributed by atoms with E-state index in [0.717, 1.165) is 0 Å². The number of nitrogens with one attached hydrogen (secondary N) is 1. The minimum absolute atomic E-state index is 0.149. The van der Waals surface area contributed by atoms with Gasteiger partial charge in [0.05, 0.1) is 18.6 Å². The van der Waals surface area contributed by atoms with E-state index in [2.05, 4.69) is 14.7 Å². The standard InChI is InChI=1S/C6H9N3O3S/c10-3-4-13(11,12)9-6-5-7-1-2-8-6/h1-2,5,10H,3-4H2,(H,8,9). The van der Waals surface area contributed by atoms with Gasteiger partial charge >= 0.3 is 0 Å². The Morgan fingerprint density at radius 1 is 1.46 bits per heavy atom. The van der Waals surface area contributed by atoms with Gasteiger partial charge in [-0.2, -0.15) is 0 Å². The summed E-state index contributed by atoms with van der Waals surface area (Å²) in [5.74, 6) is -0.195. The fourth-order valence-corrected chi connectivity index (χ4v) is 1.45. The smallest absolute Gasteiger partial charge is 0.236 e. The number of anilines is 1. The van der Waals surface area contributed by atoms with Gasteiger partial charge < -0.3 is 5.11 Å². The molecule has 1 aromatic rings. The molecule has 0 aliphatic carbocycles. The van der Waals surface area contributed by atoms with Gasteiger partial charge in [-0.25, -0.2) is 13.4 Å². The van der Waals surface area contributed by atoms with E-state index in [-0.39, 0.29) is 11.6 Å². The van der Waals surface area contributed by atoms with Crippen LogP contribution in [0.1, 0.15) is 0 Å². The Bertz CT molecular complexity index is 351. The summed E-state index contributed by atoms with van der Waals surface area (Å²) in [5, 5.41) is 8.42. The minimum atomic E-state index is -3.49. The molecule has 1 aromatic heterocycles. The van der Waals surface area contributed by atoms with Crippen molar-refractivity contribution >= 4 is 15.8 Å².